The van der Waals surface area contributed by atoms with Gasteiger partial charge in [-0.15, -0.1) is 0 Å². The van der Waals surface area contributed by atoms with E-state index < -0.39 is 0 Å². The number of hydrogen-bond donors (Lipinski definition) is 1. The van der Waals surface area contributed by atoms with Gasteiger partial charge in [-0.25, -0.2) is 4.98 Å². The molecule has 1 aromatic heterocycles. The van der Waals surface area contributed by atoms with Crippen LogP contribution in [0.2, 0.25) is 0 Å². The molecular formula is C13H22N4S. The second kappa shape index (κ2) is 5.89. The second-order valence-corrected chi connectivity index (χ2v) is 6.98. The fourth-order valence-corrected chi connectivity index (χ4v) is 3.18. The molecule has 0 saturated carbocycles. The van der Waals surface area contributed by atoms with Crippen molar-refractivity contribution in [2.24, 2.45) is 0 Å². The third-order valence-electron chi connectivity index (χ3n) is 3.00. The molecule has 0 radical (unpaired) electrons. The van der Waals surface area contributed by atoms with Gasteiger partial charge in [-0.05, 0) is 20.4 Å². The van der Waals surface area contributed by atoms with Gasteiger partial charge < -0.3 is 10.2 Å². The summed E-state index contributed by atoms with van der Waals surface area (Å²) in [6.07, 6.45) is 3.78. The standard InChI is InChI=1S/C13H22N4S/c1-4-14-7-11-8-16-12(9-15-11)17-5-6-18-13(2,3)10-17/h8-9,14H,4-7,10H2,1-3H3. The van der Waals surface area contributed by atoms with Gasteiger partial charge in [0.15, 0.2) is 0 Å². The summed E-state index contributed by atoms with van der Waals surface area (Å²) in [5.41, 5.74) is 1.01. The molecule has 100 valence electrons. The van der Waals surface area contributed by atoms with Gasteiger partial charge >= 0.3 is 0 Å². The fourth-order valence-electron chi connectivity index (χ4n) is 2.07. The smallest absolute Gasteiger partial charge is 0.147 e. The first-order chi connectivity index (χ1) is 8.61. The van der Waals surface area contributed by atoms with Crippen LogP contribution in [0.25, 0.3) is 0 Å². The molecule has 0 aromatic carbocycles. The Hall–Kier alpha value is -0.810. The molecule has 1 N–H and O–H groups in total. The van der Waals surface area contributed by atoms with Crippen molar-refractivity contribution in [1.29, 1.82) is 0 Å². The van der Waals surface area contributed by atoms with E-state index in [4.69, 9.17) is 0 Å². The minimum atomic E-state index is 0.308. The van der Waals surface area contributed by atoms with Crippen molar-refractivity contribution in [3.8, 4) is 0 Å². The zero-order chi connectivity index (χ0) is 13.0. The molecule has 1 saturated heterocycles. The van der Waals surface area contributed by atoms with Crippen molar-refractivity contribution in [2.75, 3.05) is 30.3 Å². The highest BCUT2D eigenvalue weighted by Gasteiger charge is 2.27. The van der Waals surface area contributed by atoms with Crippen LogP contribution in [0.1, 0.15) is 26.5 Å². The quantitative estimate of drug-likeness (QED) is 0.901. The highest BCUT2D eigenvalue weighted by molar-refractivity contribution is 8.00. The number of anilines is 1. The molecule has 18 heavy (non-hydrogen) atoms. The molecule has 5 heteroatoms. The third-order valence-corrected chi connectivity index (χ3v) is 4.29. The maximum Gasteiger partial charge on any atom is 0.147 e. The largest absolute Gasteiger partial charge is 0.353 e. The summed E-state index contributed by atoms with van der Waals surface area (Å²) in [4.78, 5) is 11.3. The van der Waals surface area contributed by atoms with Crippen LogP contribution in [0.5, 0.6) is 0 Å². The molecule has 1 aromatic rings. The third kappa shape index (κ3) is 3.59. The monoisotopic (exact) mass is 266 g/mol. The van der Waals surface area contributed by atoms with Crippen molar-refractivity contribution >= 4 is 17.6 Å². The van der Waals surface area contributed by atoms with Crippen molar-refractivity contribution in [1.82, 2.24) is 15.3 Å². The lowest BCUT2D eigenvalue weighted by molar-refractivity contribution is 0.639. The van der Waals surface area contributed by atoms with Crippen LogP contribution in [0.15, 0.2) is 12.4 Å². The van der Waals surface area contributed by atoms with Gasteiger partial charge in [-0.2, -0.15) is 11.8 Å². The van der Waals surface area contributed by atoms with Crippen LogP contribution in [0.3, 0.4) is 0 Å². The zero-order valence-electron chi connectivity index (χ0n) is 11.4. The Labute approximate surface area is 114 Å². The molecule has 0 amide bonds. The van der Waals surface area contributed by atoms with Crippen LogP contribution in [-0.4, -0.2) is 40.1 Å². The molecule has 0 aliphatic carbocycles. The number of hydrogen-bond acceptors (Lipinski definition) is 5. The van der Waals surface area contributed by atoms with Crippen molar-refractivity contribution < 1.29 is 0 Å². The average Bonchev–Trinajstić information content (AvgIpc) is 2.36. The average molecular weight is 266 g/mol. The van der Waals surface area contributed by atoms with E-state index >= 15 is 0 Å². The Morgan fingerprint density at radius 2 is 2.22 bits per heavy atom. The van der Waals surface area contributed by atoms with Crippen molar-refractivity contribution in [2.45, 2.75) is 32.1 Å². The summed E-state index contributed by atoms with van der Waals surface area (Å²) in [6.45, 7) is 10.5. The van der Waals surface area contributed by atoms with Gasteiger partial charge in [-0.1, -0.05) is 6.92 Å². The maximum atomic E-state index is 4.53. The predicted molar refractivity (Wildman–Crippen MR) is 78.2 cm³/mol. The summed E-state index contributed by atoms with van der Waals surface area (Å²) in [6, 6.07) is 0. The highest BCUT2D eigenvalue weighted by atomic mass is 32.2. The molecule has 4 nitrogen and oxygen atoms in total. The number of aromatic nitrogens is 2. The normalized spacial score (nSPS) is 18.9. The second-order valence-electron chi connectivity index (χ2n) is 5.18. The van der Waals surface area contributed by atoms with E-state index in [1.807, 2.05) is 24.2 Å². The van der Waals surface area contributed by atoms with E-state index in [0.29, 0.717) is 4.75 Å². The molecule has 2 rings (SSSR count). The Balaban J connectivity index is 2.00. The lowest BCUT2D eigenvalue weighted by Crippen LogP contribution is -2.43. The molecule has 1 aliphatic rings. The van der Waals surface area contributed by atoms with Gasteiger partial charge in [0.05, 0.1) is 18.1 Å². The SMILES string of the molecule is CCNCc1cnc(N2CCSC(C)(C)C2)cn1. The van der Waals surface area contributed by atoms with Gasteiger partial charge in [-0.3, -0.25) is 4.98 Å². The fraction of sp³-hybridized carbons (Fsp3) is 0.692. The molecule has 0 bridgehead atoms. The first-order valence-electron chi connectivity index (χ1n) is 6.51. The predicted octanol–water partition coefficient (Wildman–Crippen LogP) is 1.92. The van der Waals surface area contributed by atoms with E-state index in [9.17, 15) is 0 Å². The van der Waals surface area contributed by atoms with E-state index in [1.165, 1.54) is 0 Å². The lowest BCUT2D eigenvalue weighted by Gasteiger charge is -2.38. The Bertz CT molecular complexity index is 377. The highest BCUT2D eigenvalue weighted by Crippen LogP contribution is 2.31. The Morgan fingerprint density at radius 1 is 1.39 bits per heavy atom. The van der Waals surface area contributed by atoms with E-state index in [2.05, 4.69) is 41.0 Å². The molecule has 1 aliphatic heterocycles. The molecule has 0 spiro atoms. The first-order valence-corrected chi connectivity index (χ1v) is 7.50. The van der Waals surface area contributed by atoms with Crippen LogP contribution >= 0.6 is 11.8 Å². The molecular weight excluding hydrogens is 244 g/mol. The van der Waals surface area contributed by atoms with Gasteiger partial charge in [0.1, 0.15) is 5.82 Å². The maximum absolute atomic E-state index is 4.53. The summed E-state index contributed by atoms with van der Waals surface area (Å²) in [5.74, 6) is 2.16. The van der Waals surface area contributed by atoms with Crippen LogP contribution < -0.4 is 10.2 Å². The topological polar surface area (TPSA) is 41.1 Å². The number of rotatable bonds is 4. The van der Waals surface area contributed by atoms with Crippen LogP contribution in [-0.2, 0) is 6.54 Å². The van der Waals surface area contributed by atoms with Gasteiger partial charge in [0.2, 0.25) is 0 Å². The van der Waals surface area contributed by atoms with Gasteiger partial charge in [0.25, 0.3) is 0 Å². The number of thioether (sulfide) groups is 1. The molecule has 1 fully saturated rings. The van der Waals surface area contributed by atoms with Crippen molar-refractivity contribution in [3.63, 3.8) is 0 Å². The van der Waals surface area contributed by atoms with Crippen LogP contribution in [0, 0.1) is 0 Å². The molecule has 2 heterocycles. The van der Waals surface area contributed by atoms with E-state index in [-0.39, 0.29) is 0 Å². The Morgan fingerprint density at radius 3 is 2.83 bits per heavy atom. The summed E-state index contributed by atoms with van der Waals surface area (Å²) >= 11 is 2.03. The van der Waals surface area contributed by atoms with Crippen LogP contribution in [0.4, 0.5) is 5.82 Å². The number of nitrogens with one attached hydrogen (secondary N) is 1. The molecule has 0 unspecified atom stereocenters. The zero-order valence-corrected chi connectivity index (χ0v) is 12.3. The number of nitrogens with zero attached hydrogens (tertiary/aromatic N) is 3. The minimum Gasteiger partial charge on any atom is -0.353 e. The molecule has 0 atom stereocenters. The van der Waals surface area contributed by atoms with Gasteiger partial charge in [0, 0.05) is 30.1 Å². The van der Waals surface area contributed by atoms with E-state index in [1.54, 1.807) is 0 Å². The lowest BCUT2D eigenvalue weighted by atomic mass is 10.2. The Kier molecular flexibility index (Phi) is 4.45. The summed E-state index contributed by atoms with van der Waals surface area (Å²) < 4.78 is 0.308. The van der Waals surface area contributed by atoms with E-state index in [0.717, 1.165) is 43.4 Å². The first kappa shape index (κ1) is 13.6. The van der Waals surface area contributed by atoms with Crippen molar-refractivity contribution in [3.05, 3.63) is 18.1 Å². The minimum absolute atomic E-state index is 0.308. The summed E-state index contributed by atoms with van der Waals surface area (Å²) in [5, 5.41) is 3.26. The summed E-state index contributed by atoms with van der Waals surface area (Å²) in [7, 11) is 0.